The number of hydrogen-bond acceptors (Lipinski definition) is 10. The molecule has 2 heterocycles. The molecule has 2 bridgehead atoms. The van der Waals surface area contributed by atoms with E-state index in [4.69, 9.17) is 20.6 Å². The number of nitrogens with zero attached hydrogens (tertiary/aromatic N) is 2. The highest BCUT2D eigenvalue weighted by molar-refractivity contribution is 6.01. The summed E-state index contributed by atoms with van der Waals surface area (Å²) in [6.45, 7) is 5.35. The fourth-order valence-electron chi connectivity index (χ4n) is 5.93. The van der Waals surface area contributed by atoms with Crippen LogP contribution in [0.4, 0.5) is 20.7 Å². The number of ether oxygens (including phenoxy) is 1. The molecule has 4 aromatic rings. The number of esters is 1. The first-order valence-corrected chi connectivity index (χ1v) is 15.9. The summed E-state index contributed by atoms with van der Waals surface area (Å²) in [7, 11) is 0. The molecule has 1 aromatic heterocycles. The Hall–Kier alpha value is -6.13. The van der Waals surface area contributed by atoms with Gasteiger partial charge in [-0.1, -0.05) is 39.0 Å². The van der Waals surface area contributed by atoms with E-state index in [9.17, 15) is 19.2 Å². The van der Waals surface area contributed by atoms with Crippen LogP contribution in [0.15, 0.2) is 72.9 Å². The maximum Gasteiger partial charge on any atom is 0.349 e. The average molecular weight is 677 g/mol. The predicted octanol–water partition coefficient (Wildman–Crippen LogP) is 5.74. The summed E-state index contributed by atoms with van der Waals surface area (Å²) < 4.78 is 21.3. The minimum absolute atomic E-state index is 0.0212. The van der Waals surface area contributed by atoms with E-state index >= 15 is 4.39 Å². The van der Waals surface area contributed by atoms with Crippen molar-refractivity contribution in [2.24, 2.45) is 5.73 Å². The Labute approximate surface area is 286 Å². The van der Waals surface area contributed by atoms with Gasteiger partial charge in [0.1, 0.15) is 29.5 Å². The number of amides is 2. The standard InChI is InChI=1S/C37H33FN6O6/c1-4-29(45)24-12-13-27(38)31(25-16-28(25)42-36(48)43-30-14-5-19(17-39)18-41-30)32(24)49-34(46)21-8-6-20(7-9-21)23-11-10-22-15-26(23)37(2,3)33(40)35(47)50-44-22/h5-15,18,25,28,33,44H,4,16,40H2,1-3H3,(H2,41,42,43,48)/t25-,28+,33-/m1/s1. The van der Waals surface area contributed by atoms with Crippen molar-refractivity contribution in [2.45, 2.75) is 57.0 Å². The van der Waals surface area contributed by atoms with E-state index in [1.54, 1.807) is 37.3 Å². The Morgan fingerprint density at radius 3 is 2.56 bits per heavy atom. The van der Waals surface area contributed by atoms with Crippen LogP contribution in [0.1, 0.15) is 76.9 Å². The van der Waals surface area contributed by atoms with Crippen molar-refractivity contribution in [3.05, 3.63) is 107 Å². The third kappa shape index (κ3) is 6.61. The number of hydrogen-bond donors (Lipinski definition) is 4. The van der Waals surface area contributed by atoms with E-state index in [0.717, 1.165) is 22.8 Å². The van der Waals surface area contributed by atoms with Crippen LogP contribution < -0.4 is 26.6 Å². The van der Waals surface area contributed by atoms with Gasteiger partial charge < -0.3 is 20.6 Å². The molecule has 1 aliphatic carbocycles. The van der Waals surface area contributed by atoms with Gasteiger partial charge in [0.25, 0.3) is 0 Å². The smallest absolute Gasteiger partial charge is 0.349 e. The van der Waals surface area contributed by atoms with Crippen molar-refractivity contribution in [1.82, 2.24) is 10.3 Å². The van der Waals surface area contributed by atoms with Gasteiger partial charge in [-0.25, -0.2) is 29.2 Å². The molecule has 0 radical (unpaired) electrons. The van der Waals surface area contributed by atoms with Gasteiger partial charge in [0.2, 0.25) is 0 Å². The van der Waals surface area contributed by atoms with Gasteiger partial charge in [0, 0.05) is 35.6 Å². The van der Waals surface area contributed by atoms with Crippen LogP contribution in [0.25, 0.3) is 11.1 Å². The van der Waals surface area contributed by atoms with E-state index in [2.05, 4.69) is 21.1 Å². The van der Waals surface area contributed by atoms with Crippen molar-refractivity contribution < 1.29 is 33.1 Å². The molecule has 2 aliphatic rings. The Balaban J connectivity index is 1.23. The summed E-state index contributed by atoms with van der Waals surface area (Å²) in [4.78, 5) is 60.7. The molecule has 12 nitrogen and oxygen atoms in total. The van der Waals surface area contributed by atoms with Gasteiger partial charge in [0.15, 0.2) is 5.78 Å². The number of pyridine rings is 1. The fourth-order valence-corrected chi connectivity index (χ4v) is 5.93. The molecular formula is C37H33FN6O6. The first kappa shape index (κ1) is 33.8. The Bertz CT molecular complexity index is 2060. The number of fused-ring (bicyclic) bond motifs is 2. The number of anilines is 2. The zero-order valence-corrected chi connectivity index (χ0v) is 27.4. The van der Waals surface area contributed by atoms with E-state index in [0.29, 0.717) is 17.7 Å². The number of urea groups is 1. The first-order valence-electron chi connectivity index (χ1n) is 15.9. The molecule has 1 saturated carbocycles. The SMILES string of the molecule is CCC(=O)c1ccc(F)c([C@@H]2C[C@@H]2NC(=O)Nc2ccc(C#N)cn2)c1OC(=O)c1ccc(-c2ccc3cc2C(C)(C)[C@H](N)C(=O)ON3)cc1. The van der Waals surface area contributed by atoms with Crippen LogP contribution in [0.3, 0.4) is 0 Å². The van der Waals surface area contributed by atoms with Crippen molar-refractivity contribution in [3.8, 4) is 22.9 Å². The number of carbonyl (C=O) groups excluding carboxylic acids is 4. The number of aromatic nitrogens is 1. The molecule has 254 valence electrons. The van der Waals surface area contributed by atoms with Crippen molar-refractivity contribution in [1.29, 1.82) is 5.26 Å². The molecule has 6 rings (SSSR count). The van der Waals surface area contributed by atoms with Crippen molar-refractivity contribution in [3.63, 3.8) is 0 Å². The highest BCUT2D eigenvalue weighted by atomic mass is 19.1. The number of benzene rings is 3. The topological polar surface area (TPSA) is 186 Å². The van der Waals surface area contributed by atoms with E-state index in [1.165, 1.54) is 24.4 Å². The van der Waals surface area contributed by atoms with Gasteiger partial charge in [-0.2, -0.15) is 5.26 Å². The van der Waals surface area contributed by atoms with Crippen LogP contribution in [-0.2, 0) is 15.0 Å². The lowest BCUT2D eigenvalue weighted by molar-refractivity contribution is -0.143. The number of Topliss-reactive ketones (excluding diaryl/α,β-unsaturated/α-hetero) is 1. The van der Waals surface area contributed by atoms with E-state index in [1.807, 2.05) is 32.0 Å². The molecule has 0 unspecified atom stereocenters. The van der Waals surface area contributed by atoms with Crippen LogP contribution in [-0.4, -0.2) is 40.8 Å². The third-order valence-corrected chi connectivity index (χ3v) is 9.02. The van der Waals surface area contributed by atoms with Gasteiger partial charge in [-0.3, -0.25) is 10.1 Å². The normalized spacial score (nSPS) is 18.6. The summed E-state index contributed by atoms with van der Waals surface area (Å²) >= 11 is 0. The van der Waals surface area contributed by atoms with Gasteiger partial charge in [-0.15, -0.1) is 0 Å². The first-order chi connectivity index (χ1) is 23.9. The number of nitrogens with two attached hydrogens (primary N) is 1. The van der Waals surface area contributed by atoms with Crippen LogP contribution in [0.5, 0.6) is 5.75 Å². The third-order valence-electron chi connectivity index (χ3n) is 9.02. The number of ketones is 1. The summed E-state index contributed by atoms with van der Waals surface area (Å²) in [5, 5.41) is 14.3. The van der Waals surface area contributed by atoms with Gasteiger partial charge in [0.05, 0.1) is 22.4 Å². The lowest BCUT2D eigenvalue weighted by Crippen LogP contribution is -2.49. The molecule has 13 heteroatoms. The lowest BCUT2D eigenvalue weighted by Gasteiger charge is -2.34. The molecule has 0 spiro atoms. The molecule has 1 fully saturated rings. The van der Waals surface area contributed by atoms with Gasteiger partial charge in [-0.05, 0) is 71.6 Å². The lowest BCUT2D eigenvalue weighted by atomic mass is 9.74. The highest BCUT2D eigenvalue weighted by Gasteiger charge is 2.44. The quantitative estimate of drug-likeness (QED) is 0.102. The summed E-state index contributed by atoms with van der Waals surface area (Å²) in [6.07, 6.45) is 1.74. The summed E-state index contributed by atoms with van der Waals surface area (Å²) in [5.74, 6) is -2.96. The van der Waals surface area contributed by atoms with Crippen LogP contribution in [0, 0.1) is 17.1 Å². The zero-order valence-electron chi connectivity index (χ0n) is 27.4. The largest absolute Gasteiger partial charge is 0.422 e. The maximum atomic E-state index is 15.5. The summed E-state index contributed by atoms with van der Waals surface area (Å²) in [6, 6.07) is 17.4. The van der Waals surface area contributed by atoms with Gasteiger partial charge >= 0.3 is 18.0 Å². The van der Waals surface area contributed by atoms with E-state index in [-0.39, 0.29) is 40.5 Å². The number of halogens is 1. The number of nitriles is 1. The molecule has 3 aromatic carbocycles. The van der Waals surface area contributed by atoms with Crippen LogP contribution in [0.2, 0.25) is 0 Å². The monoisotopic (exact) mass is 676 g/mol. The molecular weight excluding hydrogens is 643 g/mol. The molecule has 1 aliphatic heterocycles. The fraction of sp³-hybridized carbons (Fsp3) is 0.243. The van der Waals surface area contributed by atoms with Crippen LogP contribution >= 0.6 is 0 Å². The Kier molecular flexibility index (Phi) is 9.05. The van der Waals surface area contributed by atoms with E-state index < -0.39 is 47.2 Å². The predicted molar refractivity (Wildman–Crippen MR) is 181 cm³/mol. The maximum absolute atomic E-state index is 15.5. The molecule has 5 N–H and O–H groups in total. The molecule has 0 saturated heterocycles. The second kappa shape index (κ2) is 13.4. The number of nitrogens with one attached hydrogen (secondary N) is 3. The number of carbonyl (C=O) groups is 4. The number of rotatable bonds is 8. The second-order valence-electron chi connectivity index (χ2n) is 12.7. The Morgan fingerprint density at radius 1 is 1.12 bits per heavy atom. The summed E-state index contributed by atoms with van der Waals surface area (Å²) in [5.41, 5.74) is 11.5. The van der Waals surface area contributed by atoms with Crippen molar-refractivity contribution >= 4 is 35.3 Å². The minimum atomic E-state index is -0.950. The molecule has 3 atom stereocenters. The molecule has 2 amide bonds. The minimum Gasteiger partial charge on any atom is -0.422 e. The second-order valence-corrected chi connectivity index (χ2v) is 12.7. The Morgan fingerprint density at radius 2 is 1.88 bits per heavy atom. The molecule has 50 heavy (non-hydrogen) atoms. The zero-order chi connectivity index (χ0) is 35.7. The highest BCUT2D eigenvalue weighted by Crippen LogP contribution is 2.48. The van der Waals surface area contributed by atoms with Crippen molar-refractivity contribution in [2.75, 3.05) is 10.8 Å². The average Bonchev–Trinajstić information content (AvgIpc) is 3.87.